The predicted octanol–water partition coefficient (Wildman–Crippen LogP) is 8.87. The van der Waals surface area contributed by atoms with E-state index in [9.17, 15) is 0 Å². The van der Waals surface area contributed by atoms with Crippen LogP contribution in [0, 0.1) is 0 Å². The molecule has 0 saturated heterocycles. The lowest BCUT2D eigenvalue weighted by molar-refractivity contribution is 0.504. The zero-order valence-corrected chi connectivity index (χ0v) is 19.3. The Morgan fingerprint density at radius 2 is 0.630 bits per heavy atom. The first-order chi connectivity index (χ1) is 12.4. The van der Waals surface area contributed by atoms with Gasteiger partial charge >= 0.3 is 0 Å². The second kappa shape index (κ2) is 30.6. The molecule has 1 rings (SSSR count). The maximum absolute atomic E-state index is 5.48. The molecule has 27 heavy (non-hydrogen) atoms. The van der Waals surface area contributed by atoms with Crippen LogP contribution in [-0.2, 0) is 0 Å². The fourth-order valence-corrected chi connectivity index (χ4v) is 3.75. The van der Waals surface area contributed by atoms with Gasteiger partial charge in [-0.25, -0.2) is 0 Å². The molecule has 0 aliphatic heterocycles. The number of unbranched alkanes of at least 4 members (excludes halogenated alkanes) is 15. The van der Waals surface area contributed by atoms with Gasteiger partial charge < -0.3 is 18.0 Å². The summed E-state index contributed by atoms with van der Waals surface area (Å²) in [4.78, 5) is 0. The molecular formula is C24H57N3. The van der Waals surface area contributed by atoms with Crippen molar-refractivity contribution in [2.75, 3.05) is 6.54 Å². The molecule has 0 spiro atoms. The first-order valence-corrected chi connectivity index (χ1v) is 12.1. The molecule has 0 atom stereocenters. The molecule has 0 aromatic carbocycles. The van der Waals surface area contributed by atoms with Gasteiger partial charge in [0.05, 0.1) is 0 Å². The van der Waals surface area contributed by atoms with Crippen molar-refractivity contribution < 1.29 is 0 Å². The first-order valence-electron chi connectivity index (χ1n) is 12.1. The lowest BCUT2D eigenvalue weighted by Gasteiger charge is -2.05. The average Bonchev–Trinajstić information content (AvgIpc) is 2.67. The Kier molecular flexibility index (Phi) is 35.8. The zero-order valence-electron chi connectivity index (χ0n) is 19.3. The summed E-state index contributed by atoms with van der Waals surface area (Å²) in [6.45, 7) is 3.16. The van der Waals surface area contributed by atoms with E-state index in [2.05, 4.69) is 6.92 Å². The summed E-state index contributed by atoms with van der Waals surface area (Å²) in [5.74, 6) is 0. The second-order valence-corrected chi connectivity index (χ2v) is 8.21. The maximum atomic E-state index is 5.48. The van der Waals surface area contributed by atoms with E-state index in [0.717, 1.165) is 6.54 Å². The van der Waals surface area contributed by atoms with Crippen LogP contribution in [0.4, 0.5) is 0 Å². The van der Waals surface area contributed by atoms with Crippen LogP contribution >= 0.6 is 0 Å². The lowest BCUT2D eigenvalue weighted by atomic mass is 10.0. The lowest BCUT2D eigenvalue weighted by Crippen LogP contribution is -1.97. The smallest absolute Gasteiger partial charge is 0.00773 e. The molecule has 8 N–H and O–H groups in total. The normalized spacial score (nSPS) is 13.1. The Balaban J connectivity index is -0.000000609. The van der Waals surface area contributed by atoms with E-state index in [-0.39, 0.29) is 12.3 Å². The summed E-state index contributed by atoms with van der Waals surface area (Å²) >= 11 is 0. The summed E-state index contributed by atoms with van der Waals surface area (Å²) in [5.41, 5.74) is 5.48. The Hall–Kier alpha value is -0.120. The van der Waals surface area contributed by atoms with E-state index < -0.39 is 0 Å². The van der Waals surface area contributed by atoms with E-state index in [0.29, 0.717) is 0 Å². The van der Waals surface area contributed by atoms with Crippen molar-refractivity contribution in [3.05, 3.63) is 0 Å². The fourth-order valence-electron chi connectivity index (χ4n) is 3.75. The van der Waals surface area contributed by atoms with Gasteiger partial charge in [-0.05, 0) is 13.0 Å². The Bertz CT molecular complexity index is 190. The first kappa shape index (κ1) is 31.6. The molecule has 1 fully saturated rings. The number of hydrogen-bond donors (Lipinski definition) is 3. The van der Waals surface area contributed by atoms with Crippen molar-refractivity contribution in [3.63, 3.8) is 0 Å². The van der Waals surface area contributed by atoms with E-state index in [4.69, 9.17) is 5.73 Å². The Morgan fingerprint density at radius 3 is 0.852 bits per heavy atom. The Labute approximate surface area is 173 Å². The van der Waals surface area contributed by atoms with Gasteiger partial charge in [0.25, 0.3) is 0 Å². The molecule has 0 heterocycles. The van der Waals surface area contributed by atoms with Crippen molar-refractivity contribution in [3.8, 4) is 0 Å². The summed E-state index contributed by atoms with van der Waals surface area (Å²) in [5, 5.41) is 0. The molecule has 0 aromatic rings. The van der Waals surface area contributed by atoms with Gasteiger partial charge in [-0.1, -0.05) is 142 Å². The van der Waals surface area contributed by atoms with Crippen molar-refractivity contribution in [1.29, 1.82) is 0 Å². The highest BCUT2D eigenvalue weighted by atomic mass is 14.5. The van der Waals surface area contributed by atoms with Crippen LogP contribution in [0.5, 0.6) is 0 Å². The van der Waals surface area contributed by atoms with E-state index in [1.54, 1.807) is 0 Å². The standard InChI is InChI=1S/C18H39N.C6H12.2H3N/c1-2-3-4-5-6-7-8-9-10-11-12-13-14-15-16-17-18-19;1-2-4-6-5-3-1;;/h2-19H2,1H3;1-6H2;2*1H3. The monoisotopic (exact) mass is 387 g/mol. The van der Waals surface area contributed by atoms with Gasteiger partial charge in [-0.2, -0.15) is 0 Å². The average molecular weight is 388 g/mol. The molecule has 0 bridgehead atoms. The van der Waals surface area contributed by atoms with E-state index >= 15 is 0 Å². The fraction of sp³-hybridized carbons (Fsp3) is 1.00. The van der Waals surface area contributed by atoms with Crippen LogP contribution in [-0.4, -0.2) is 6.54 Å². The van der Waals surface area contributed by atoms with Crippen LogP contribution in [0.1, 0.15) is 148 Å². The summed E-state index contributed by atoms with van der Waals surface area (Å²) in [6, 6.07) is 0. The zero-order chi connectivity index (χ0) is 18.3. The quantitative estimate of drug-likeness (QED) is 0.231. The summed E-state index contributed by atoms with van der Waals surface area (Å²) in [6.07, 6.45) is 31.9. The van der Waals surface area contributed by atoms with Crippen LogP contribution in [0.3, 0.4) is 0 Å². The van der Waals surface area contributed by atoms with E-state index in [1.807, 2.05) is 0 Å². The van der Waals surface area contributed by atoms with Gasteiger partial charge in [0.1, 0.15) is 0 Å². The second-order valence-electron chi connectivity index (χ2n) is 8.21. The van der Waals surface area contributed by atoms with Gasteiger partial charge in [-0.3, -0.25) is 0 Å². The third kappa shape index (κ3) is 30.8. The predicted molar refractivity (Wildman–Crippen MR) is 126 cm³/mol. The highest BCUT2D eigenvalue weighted by Gasteiger charge is 1.95. The maximum Gasteiger partial charge on any atom is -0.00773 e. The van der Waals surface area contributed by atoms with Crippen molar-refractivity contribution >= 4 is 0 Å². The van der Waals surface area contributed by atoms with Crippen LogP contribution in [0.15, 0.2) is 0 Å². The minimum Gasteiger partial charge on any atom is -0.344 e. The van der Waals surface area contributed by atoms with E-state index in [1.165, 1.54) is 141 Å². The third-order valence-corrected chi connectivity index (χ3v) is 5.56. The summed E-state index contributed by atoms with van der Waals surface area (Å²) in [7, 11) is 0. The molecule has 1 aliphatic rings. The van der Waals surface area contributed by atoms with Gasteiger partial charge in [0.2, 0.25) is 0 Å². The molecule has 0 aromatic heterocycles. The van der Waals surface area contributed by atoms with Gasteiger partial charge in [0, 0.05) is 0 Å². The molecule has 0 amide bonds. The third-order valence-electron chi connectivity index (χ3n) is 5.56. The summed E-state index contributed by atoms with van der Waals surface area (Å²) < 4.78 is 0. The molecular weight excluding hydrogens is 330 g/mol. The largest absolute Gasteiger partial charge is 0.344 e. The molecule has 3 heteroatoms. The van der Waals surface area contributed by atoms with Gasteiger partial charge in [-0.15, -0.1) is 0 Å². The van der Waals surface area contributed by atoms with Crippen molar-refractivity contribution in [2.24, 2.45) is 5.73 Å². The highest BCUT2D eigenvalue weighted by Crippen LogP contribution is 2.15. The molecule has 168 valence electrons. The van der Waals surface area contributed by atoms with Crippen LogP contribution < -0.4 is 18.0 Å². The minimum atomic E-state index is 0. The van der Waals surface area contributed by atoms with Crippen LogP contribution in [0.2, 0.25) is 0 Å². The molecule has 0 radical (unpaired) electrons. The van der Waals surface area contributed by atoms with Crippen molar-refractivity contribution in [1.82, 2.24) is 12.3 Å². The minimum absolute atomic E-state index is 0. The molecule has 1 aliphatic carbocycles. The topological polar surface area (TPSA) is 96.0 Å². The molecule has 3 nitrogen and oxygen atoms in total. The Morgan fingerprint density at radius 1 is 0.407 bits per heavy atom. The molecule has 1 saturated carbocycles. The number of rotatable bonds is 16. The SMILES string of the molecule is C1CCCCC1.CCCCCCCCCCCCCCCCCCN.N.N. The highest BCUT2D eigenvalue weighted by molar-refractivity contribution is 4.51. The van der Waals surface area contributed by atoms with Crippen molar-refractivity contribution in [2.45, 2.75) is 148 Å². The number of hydrogen-bond acceptors (Lipinski definition) is 3. The molecule has 0 unspecified atom stereocenters. The number of nitrogens with two attached hydrogens (primary N) is 1. The van der Waals surface area contributed by atoms with Gasteiger partial charge in [0.15, 0.2) is 0 Å². The van der Waals surface area contributed by atoms with Crippen LogP contribution in [0.25, 0.3) is 0 Å².